The lowest BCUT2D eigenvalue weighted by molar-refractivity contribution is -0.162. The molecule has 0 unspecified atom stereocenters. The number of carboxylic acids is 2. The Morgan fingerprint density at radius 1 is 0.875 bits per heavy atom. The summed E-state index contributed by atoms with van der Waals surface area (Å²) >= 11 is 0. The fraction of sp³-hybridized carbons (Fsp3) is 0.306. The highest BCUT2D eigenvalue weighted by molar-refractivity contribution is 5.93. The number of carbonyl (C=O) groups is 5. The van der Waals surface area contributed by atoms with Crippen molar-refractivity contribution >= 4 is 29.9 Å². The van der Waals surface area contributed by atoms with Gasteiger partial charge in [0.15, 0.2) is 0 Å². The van der Waals surface area contributed by atoms with Gasteiger partial charge in [0.25, 0.3) is 0 Å². The Morgan fingerprint density at radius 3 is 2.02 bits per heavy atom. The van der Waals surface area contributed by atoms with Crippen LogP contribution in [0, 0.1) is 0 Å². The van der Waals surface area contributed by atoms with Crippen LogP contribution in [-0.2, 0) is 35.1 Å². The van der Waals surface area contributed by atoms with Gasteiger partial charge in [-0.25, -0.2) is 9.59 Å². The molecule has 0 fully saturated rings. The van der Waals surface area contributed by atoms with Crippen molar-refractivity contribution in [2.45, 2.75) is 50.2 Å². The highest BCUT2D eigenvalue weighted by atomic mass is 16.5. The highest BCUT2D eigenvalue weighted by Crippen LogP contribution is 2.45. The molecular formula is C36H39N3O9. The number of amides is 2. The van der Waals surface area contributed by atoms with E-state index in [-0.39, 0.29) is 26.0 Å². The average Bonchev–Trinajstić information content (AvgIpc) is 3.40. The molecule has 0 bridgehead atoms. The zero-order valence-electron chi connectivity index (χ0n) is 26.8. The Balaban J connectivity index is 1.55. The Bertz CT molecular complexity index is 1610. The van der Waals surface area contributed by atoms with Crippen LogP contribution in [0.15, 0.2) is 91.5 Å². The minimum atomic E-state index is -1.69. The van der Waals surface area contributed by atoms with E-state index in [4.69, 9.17) is 9.47 Å². The van der Waals surface area contributed by atoms with Gasteiger partial charge in [0.2, 0.25) is 5.91 Å². The maximum absolute atomic E-state index is 13.8. The summed E-state index contributed by atoms with van der Waals surface area (Å²) in [6, 6.07) is 20.5. The smallest absolute Gasteiger partial charge is 0.407 e. The molecule has 0 radical (unpaired) electrons. The zero-order valence-corrected chi connectivity index (χ0v) is 26.8. The summed E-state index contributed by atoms with van der Waals surface area (Å²) in [5, 5.41) is 25.8. The Kier molecular flexibility index (Phi) is 11.7. The number of ether oxygens (including phenoxy) is 2. The number of carboxylic acid groups (broad SMARTS) is 2. The molecule has 3 aromatic rings. The van der Waals surface area contributed by atoms with Gasteiger partial charge in [0.1, 0.15) is 31.3 Å². The molecule has 1 aliphatic rings. The van der Waals surface area contributed by atoms with E-state index >= 15 is 0 Å². The number of fused-ring (bicyclic) bond motifs is 3. The Labute approximate surface area is 278 Å². The van der Waals surface area contributed by atoms with Crippen molar-refractivity contribution in [3.63, 3.8) is 0 Å². The van der Waals surface area contributed by atoms with Crippen LogP contribution in [0.2, 0.25) is 0 Å². The number of hydrogen-bond acceptors (Lipinski definition) is 8. The van der Waals surface area contributed by atoms with Crippen molar-refractivity contribution in [1.29, 1.82) is 0 Å². The number of nitrogens with one attached hydrogen (secondary N) is 2. The lowest BCUT2D eigenvalue weighted by Crippen LogP contribution is -2.67. The SMILES string of the molecule is C=CCOC(=O)NCCC(=O)N([C@@H](Cc1ccccc1)C(=O)O)C(C)(C)[C@H](NCOC(=O)C1c2ccccc2-c2ccccc21)C(=O)O. The van der Waals surface area contributed by atoms with Gasteiger partial charge in [0, 0.05) is 19.4 Å². The Hall–Kier alpha value is -5.49. The molecule has 4 rings (SSSR count). The van der Waals surface area contributed by atoms with Crippen molar-refractivity contribution < 1.29 is 43.7 Å². The van der Waals surface area contributed by atoms with Gasteiger partial charge in [-0.15, -0.1) is 0 Å². The number of benzene rings is 3. The van der Waals surface area contributed by atoms with Crippen LogP contribution >= 0.6 is 0 Å². The van der Waals surface area contributed by atoms with Gasteiger partial charge in [-0.3, -0.25) is 19.7 Å². The van der Waals surface area contributed by atoms with E-state index in [1.165, 1.54) is 19.9 Å². The van der Waals surface area contributed by atoms with Gasteiger partial charge in [-0.05, 0) is 41.7 Å². The van der Waals surface area contributed by atoms with E-state index in [1.54, 1.807) is 30.3 Å². The molecule has 0 aliphatic heterocycles. The molecular weight excluding hydrogens is 618 g/mol. The molecule has 1 aliphatic carbocycles. The normalized spacial score (nSPS) is 13.3. The summed E-state index contributed by atoms with van der Waals surface area (Å²) in [6.45, 7) is 5.53. The number of carbonyl (C=O) groups excluding carboxylic acids is 3. The maximum Gasteiger partial charge on any atom is 0.407 e. The minimum Gasteiger partial charge on any atom is -0.480 e. The summed E-state index contributed by atoms with van der Waals surface area (Å²) in [6.07, 6.45) is 0.0966. The van der Waals surface area contributed by atoms with Crippen LogP contribution in [0.3, 0.4) is 0 Å². The molecule has 12 heteroatoms. The maximum atomic E-state index is 13.8. The monoisotopic (exact) mass is 657 g/mol. The van der Waals surface area contributed by atoms with Crippen molar-refractivity contribution in [2.75, 3.05) is 19.9 Å². The van der Waals surface area contributed by atoms with E-state index in [0.717, 1.165) is 27.2 Å². The fourth-order valence-electron chi connectivity index (χ4n) is 6.07. The predicted molar refractivity (Wildman–Crippen MR) is 176 cm³/mol. The van der Waals surface area contributed by atoms with E-state index in [1.807, 2.05) is 48.5 Å². The van der Waals surface area contributed by atoms with E-state index in [0.29, 0.717) is 5.56 Å². The zero-order chi connectivity index (χ0) is 34.8. The fourth-order valence-corrected chi connectivity index (χ4v) is 6.07. The summed E-state index contributed by atoms with van der Waals surface area (Å²) < 4.78 is 10.4. The summed E-state index contributed by atoms with van der Waals surface area (Å²) in [7, 11) is 0. The topological polar surface area (TPSA) is 172 Å². The highest BCUT2D eigenvalue weighted by Gasteiger charge is 2.47. The molecule has 4 N–H and O–H groups in total. The van der Waals surface area contributed by atoms with Crippen molar-refractivity contribution in [2.24, 2.45) is 0 Å². The molecule has 48 heavy (non-hydrogen) atoms. The third-order valence-corrected chi connectivity index (χ3v) is 8.22. The van der Waals surface area contributed by atoms with Crippen LogP contribution < -0.4 is 10.6 Å². The molecule has 0 spiro atoms. The van der Waals surface area contributed by atoms with Crippen LogP contribution in [0.25, 0.3) is 11.1 Å². The first-order valence-electron chi connectivity index (χ1n) is 15.4. The number of nitrogens with zero attached hydrogens (tertiary/aromatic N) is 1. The number of hydrogen-bond donors (Lipinski definition) is 4. The minimum absolute atomic E-state index is 0.0482. The number of alkyl carbamates (subject to hydrolysis) is 1. The first-order chi connectivity index (χ1) is 23.0. The molecule has 12 nitrogen and oxygen atoms in total. The van der Waals surface area contributed by atoms with Gasteiger partial charge >= 0.3 is 24.0 Å². The van der Waals surface area contributed by atoms with Gasteiger partial charge in [-0.1, -0.05) is 91.5 Å². The largest absolute Gasteiger partial charge is 0.480 e. The molecule has 3 aromatic carbocycles. The predicted octanol–water partition coefficient (Wildman–Crippen LogP) is 3.95. The average molecular weight is 658 g/mol. The van der Waals surface area contributed by atoms with Crippen molar-refractivity contribution in [3.8, 4) is 11.1 Å². The van der Waals surface area contributed by atoms with Gasteiger partial charge < -0.3 is 29.9 Å². The third-order valence-electron chi connectivity index (χ3n) is 8.22. The quantitative estimate of drug-likeness (QED) is 0.100. The number of rotatable bonds is 16. The lowest BCUT2D eigenvalue weighted by Gasteiger charge is -2.45. The lowest BCUT2D eigenvalue weighted by atomic mass is 9.88. The number of esters is 1. The standard InChI is InChI=1S/C36H39N3O9/c1-4-20-47-35(46)37-19-18-29(40)39(28(32(41)42)21-23-12-6-5-7-13-23)36(2,3)31(33(43)44)38-22-48-34(45)30-26-16-10-8-14-24(26)25-15-9-11-17-27(25)30/h4-17,28,30-31,38H,1,18-22H2,2-3H3,(H,37,46)(H,41,42)(H,43,44)/t28-,31+/m0/s1. The van der Waals surface area contributed by atoms with Crippen LogP contribution in [0.4, 0.5) is 4.79 Å². The summed E-state index contributed by atoms with van der Waals surface area (Å²) in [5.74, 6) is -4.80. The van der Waals surface area contributed by atoms with E-state index in [9.17, 15) is 34.2 Å². The number of aliphatic carboxylic acids is 2. The molecule has 0 saturated heterocycles. The molecule has 2 amide bonds. The molecule has 0 heterocycles. The molecule has 252 valence electrons. The molecule has 2 atom stereocenters. The second kappa shape index (κ2) is 15.9. The second-order valence-electron chi connectivity index (χ2n) is 11.7. The molecule has 0 aromatic heterocycles. The van der Waals surface area contributed by atoms with Crippen molar-refractivity contribution in [3.05, 3.63) is 108 Å². The molecule has 0 saturated carbocycles. The van der Waals surface area contributed by atoms with E-state index < -0.39 is 60.2 Å². The Morgan fingerprint density at radius 2 is 1.46 bits per heavy atom. The van der Waals surface area contributed by atoms with Gasteiger partial charge in [-0.2, -0.15) is 0 Å². The first-order valence-corrected chi connectivity index (χ1v) is 15.4. The van der Waals surface area contributed by atoms with Crippen LogP contribution in [0.5, 0.6) is 0 Å². The second-order valence-corrected chi connectivity index (χ2v) is 11.7. The van der Waals surface area contributed by atoms with Crippen LogP contribution in [0.1, 0.15) is 42.9 Å². The van der Waals surface area contributed by atoms with Crippen molar-refractivity contribution in [1.82, 2.24) is 15.5 Å². The third kappa shape index (κ3) is 8.07. The summed E-state index contributed by atoms with van der Waals surface area (Å²) in [4.78, 5) is 65.6. The first kappa shape index (κ1) is 35.4. The van der Waals surface area contributed by atoms with Gasteiger partial charge in [0.05, 0.1) is 5.54 Å². The van der Waals surface area contributed by atoms with E-state index in [2.05, 4.69) is 17.2 Å². The summed E-state index contributed by atoms with van der Waals surface area (Å²) in [5.41, 5.74) is 2.26. The van der Waals surface area contributed by atoms with Crippen LogP contribution in [-0.4, -0.2) is 82.5 Å².